The van der Waals surface area contributed by atoms with Gasteiger partial charge in [0.05, 0.1) is 0 Å². The van der Waals surface area contributed by atoms with E-state index in [0.717, 1.165) is 11.8 Å². The first-order valence-corrected chi connectivity index (χ1v) is 6.86. The maximum absolute atomic E-state index is 11.3. The summed E-state index contributed by atoms with van der Waals surface area (Å²) >= 11 is 0. The van der Waals surface area contributed by atoms with Gasteiger partial charge in [0, 0.05) is 12.3 Å². The van der Waals surface area contributed by atoms with Crippen molar-refractivity contribution in [1.82, 2.24) is 0 Å². The summed E-state index contributed by atoms with van der Waals surface area (Å²) in [7, 11) is 0. The fourth-order valence-corrected chi connectivity index (χ4v) is 5.01. The Kier molecular flexibility index (Phi) is 2.24. The lowest BCUT2D eigenvalue weighted by atomic mass is 9.64. The van der Waals surface area contributed by atoms with Gasteiger partial charge in [-0.3, -0.25) is 4.79 Å². The summed E-state index contributed by atoms with van der Waals surface area (Å²) in [6.45, 7) is 6.27. The quantitative estimate of drug-likeness (QED) is 0.514. The zero-order chi connectivity index (χ0) is 12.3. The molecule has 0 heterocycles. The second-order valence-electron chi connectivity index (χ2n) is 6.51. The third kappa shape index (κ3) is 1.24. The van der Waals surface area contributed by atoms with Gasteiger partial charge < -0.3 is 4.74 Å². The summed E-state index contributed by atoms with van der Waals surface area (Å²) in [5, 5.41) is 0. The van der Waals surface area contributed by atoms with Crippen molar-refractivity contribution in [3.05, 3.63) is 12.2 Å². The molecule has 17 heavy (non-hydrogen) atoms. The standard InChI is InChI=1S/C15H22O2/c1-10-4-9-15-12(10)5-7-14(15,3)8-6-13(15)17-11(2)16/h6,8,10,12-13H,4-5,7,9H2,1-3H3/t10-,12+,13?,14+,15?/m1/s1. The molecule has 94 valence electrons. The zero-order valence-electron chi connectivity index (χ0n) is 11.0. The van der Waals surface area contributed by atoms with Gasteiger partial charge in [0.1, 0.15) is 6.10 Å². The Hall–Kier alpha value is -0.790. The van der Waals surface area contributed by atoms with Crippen molar-refractivity contribution in [3.8, 4) is 0 Å². The Balaban J connectivity index is 1.99. The molecule has 2 saturated carbocycles. The minimum atomic E-state index is -0.136. The topological polar surface area (TPSA) is 26.3 Å². The Morgan fingerprint density at radius 2 is 2.12 bits per heavy atom. The summed E-state index contributed by atoms with van der Waals surface area (Å²) in [6.07, 6.45) is 9.60. The fraction of sp³-hybridized carbons (Fsp3) is 0.800. The smallest absolute Gasteiger partial charge is 0.303 e. The minimum Gasteiger partial charge on any atom is -0.458 e. The van der Waals surface area contributed by atoms with Crippen LogP contribution in [0.25, 0.3) is 0 Å². The number of hydrogen-bond acceptors (Lipinski definition) is 2. The van der Waals surface area contributed by atoms with Crippen LogP contribution in [-0.2, 0) is 9.53 Å². The molecule has 0 aromatic carbocycles. The summed E-state index contributed by atoms with van der Waals surface area (Å²) in [6, 6.07) is 0. The number of carbonyl (C=O) groups excluding carboxylic acids is 1. The molecule has 0 amide bonds. The van der Waals surface area contributed by atoms with Crippen molar-refractivity contribution in [2.75, 3.05) is 0 Å². The van der Waals surface area contributed by atoms with Gasteiger partial charge in [0.15, 0.2) is 0 Å². The number of rotatable bonds is 1. The van der Waals surface area contributed by atoms with Crippen molar-refractivity contribution >= 4 is 5.97 Å². The summed E-state index contributed by atoms with van der Waals surface area (Å²) < 4.78 is 5.62. The lowest BCUT2D eigenvalue weighted by Gasteiger charge is -2.42. The van der Waals surface area contributed by atoms with E-state index in [1.807, 2.05) is 0 Å². The van der Waals surface area contributed by atoms with Crippen molar-refractivity contribution in [3.63, 3.8) is 0 Å². The maximum atomic E-state index is 11.3. The van der Waals surface area contributed by atoms with Crippen molar-refractivity contribution in [2.45, 2.75) is 52.6 Å². The Bertz CT molecular complexity index is 386. The number of allylic oxidation sites excluding steroid dienone is 1. The van der Waals surface area contributed by atoms with E-state index in [0.29, 0.717) is 0 Å². The van der Waals surface area contributed by atoms with Gasteiger partial charge in [-0.2, -0.15) is 0 Å². The van der Waals surface area contributed by atoms with Crippen LogP contribution in [0.2, 0.25) is 0 Å². The number of esters is 1. The Morgan fingerprint density at radius 1 is 1.35 bits per heavy atom. The molecule has 0 aromatic rings. The highest BCUT2D eigenvalue weighted by atomic mass is 16.5. The zero-order valence-corrected chi connectivity index (χ0v) is 11.0. The van der Waals surface area contributed by atoms with Gasteiger partial charge in [-0.15, -0.1) is 0 Å². The molecule has 0 aromatic heterocycles. The highest BCUT2D eigenvalue weighted by Gasteiger charge is 2.66. The third-order valence-corrected chi connectivity index (χ3v) is 5.84. The van der Waals surface area contributed by atoms with Crippen LogP contribution in [0.15, 0.2) is 12.2 Å². The molecule has 0 saturated heterocycles. The van der Waals surface area contributed by atoms with E-state index in [2.05, 4.69) is 26.0 Å². The summed E-state index contributed by atoms with van der Waals surface area (Å²) in [5.41, 5.74) is 0.487. The van der Waals surface area contributed by atoms with Gasteiger partial charge in [-0.25, -0.2) is 0 Å². The average Bonchev–Trinajstić information content (AvgIpc) is 2.80. The second-order valence-corrected chi connectivity index (χ2v) is 6.51. The molecule has 2 heteroatoms. The average molecular weight is 234 g/mol. The van der Waals surface area contributed by atoms with Crippen LogP contribution >= 0.6 is 0 Å². The Morgan fingerprint density at radius 3 is 2.82 bits per heavy atom. The van der Waals surface area contributed by atoms with E-state index in [9.17, 15) is 4.79 Å². The predicted octanol–water partition coefficient (Wildman–Crippen LogP) is 3.32. The van der Waals surface area contributed by atoms with Crippen LogP contribution < -0.4 is 0 Å². The number of carbonyl (C=O) groups is 1. The number of ether oxygens (including phenoxy) is 1. The largest absolute Gasteiger partial charge is 0.458 e. The monoisotopic (exact) mass is 234 g/mol. The molecular formula is C15H22O2. The predicted molar refractivity (Wildman–Crippen MR) is 66.4 cm³/mol. The normalized spacial score (nSPS) is 51.4. The van der Waals surface area contributed by atoms with E-state index in [4.69, 9.17) is 4.74 Å². The van der Waals surface area contributed by atoms with Crippen LogP contribution in [0.4, 0.5) is 0 Å². The maximum Gasteiger partial charge on any atom is 0.303 e. The minimum absolute atomic E-state index is 0.0300. The third-order valence-electron chi connectivity index (χ3n) is 5.84. The summed E-state index contributed by atoms with van der Waals surface area (Å²) in [5.74, 6) is 1.39. The van der Waals surface area contributed by atoms with Crippen molar-refractivity contribution in [1.29, 1.82) is 0 Å². The van der Waals surface area contributed by atoms with E-state index < -0.39 is 0 Å². The van der Waals surface area contributed by atoms with Gasteiger partial charge in [-0.1, -0.05) is 19.9 Å². The SMILES string of the molecule is CC(=O)OC1C=C[C@]2(C)CC[C@H]3[C@H](C)CCC132. The van der Waals surface area contributed by atoms with Gasteiger partial charge >= 0.3 is 5.97 Å². The Labute approximate surface area is 103 Å². The molecule has 0 N–H and O–H groups in total. The first-order chi connectivity index (χ1) is 7.99. The molecule has 1 spiro atoms. The van der Waals surface area contributed by atoms with Gasteiger partial charge in [0.25, 0.3) is 0 Å². The van der Waals surface area contributed by atoms with E-state index in [1.54, 1.807) is 0 Å². The first-order valence-electron chi connectivity index (χ1n) is 6.86. The van der Waals surface area contributed by atoms with Gasteiger partial charge in [-0.05, 0) is 49.0 Å². The van der Waals surface area contributed by atoms with Gasteiger partial charge in [0.2, 0.25) is 0 Å². The molecule has 2 unspecified atom stereocenters. The molecule has 3 rings (SSSR count). The van der Waals surface area contributed by atoms with E-state index in [1.165, 1.54) is 32.6 Å². The first kappa shape index (κ1) is 11.3. The lowest BCUT2D eigenvalue weighted by Crippen LogP contribution is -2.43. The van der Waals surface area contributed by atoms with Crippen LogP contribution in [0.5, 0.6) is 0 Å². The molecule has 5 atom stereocenters. The van der Waals surface area contributed by atoms with E-state index in [-0.39, 0.29) is 22.9 Å². The molecule has 3 aliphatic carbocycles. The molecule has 2 nitrogen and oxygen atoms in total. The molecule has 0 radical (unpaired) electrons. The second kappa shape index (κ2) is 3.37. The highest BCUT2D eigenvalue weighted by molar-refractivity contribution is 5.66. The molecule has 2 fully saturated rings. The van der Waals surface area contributed by atoms with E-state index >= 15 is 0 Å². The molecule has 0 bridgehead atoms. The summed E-state index contributed by atoms with van der Waals surface area (Å²) in [4.78, 5) is 11.3. The number of hydrogen-bond donors (Lipinski definition) is 0. The molecule has 0 aliphatic heterocycles. The molecule has 3 aliphatic rings. The van der Waals surface area contributed by atoms with Crippen LogP contribution in [-0.4, -0.2) is 12.1 Å². The highest BCUT2D eigenvalue weighted by Crippen LogP contribution is 2.70. The fourth-order valence-electron chi connectivity index (χ4n) is 5.01. The van der Waals surface area contributed by atoms with Crippen LogP contribution in [0.3, 0.4) is 0 Å². The van der Waals surface area contributed by atoms with Crippen LogP contribution in [0, 0.1) is 22.7 Å². The van der Waals surface area contributed by atoms with Crippen LogP contribution in [0.1, 0.15) is 46.5 Å². The van der Waals surface area contributed by atoms with Crippen molar-refractivity contribution < 1.29 is 9.53 Å². The van der Waals surface area contributed by atoms with Crippen molar-refractivity contribution in [2.24, 2.45) is 22.7 Å². The lowest BCUT2D eigenvalue weighted by molar-refractivity contribution is -0.153. The molecular weight excluding hydrogens is 212 g/mol.